The fourth-order valence-corrected chi connectivity index (χ4v) is 3.38. The highest BCUT2D eigenvalue weighted by Crippen LogP contribution is 2.09. The van der Waals surface area contributed by atoms with Crippen molar-refractivity contribution in [2.24, 2.45) is 0 Å². The highest BCUT2D eigenvalue weighted by molar-refractivity contribution is 7.19. The van der Waals surface area contributed by atoms with E-state index in [1.54, 1.807) is 0 Å². The van der Waals surface area contributed by atoms with Gasteiger partial charge in [0.2, 0.25) is 0 Å². The Hall–Kier alpha value is 0.174. The Balaban J connectivity index is 2.16. The first-order valence-corrected chi connectivity index (χ1v) is 6.15. The van der Waals surface area contributed by atoms with Crippen molar-refractivity contribution < 1.29 is 0 Å². The van der Waals surface area contributed by atoms with E-state index >= 15 is 0 Å². The van der Waals surface area contributed by atoms with Crippen LogP contribution in [0.2, 0.25) is 12.1 Å². The minimum Gasteiger partial charge on any atom is -0.107 e. The van der Waals surface area contributed by atoms with Gasteiger partial charge in [0.05, 0.1) is 8.31 Å². The van der Waals surface area contributed by atoms with Gasteiger partial charge in [-0.3, -0.25) is 0 Å². The molecule has 31 valence electrons. The van der Waals surface area contributed by atoms with Crippen molar-refractivity contribution in [1.29, 1.82) is 0 Å². The Labute approximate surface area is 42.5 Å². The first kappa shape index (κ1) is 4.34. The van der Waals surface area contributed by atoms with E-state index < -0.39 is 0 Å². The lowest BCUT2D eigenvalue weighted by Crippen LogP contribution is -2.29. The molecule has 0 aromatic rings. The third-order valence-electron chi connectivity index (χ3n) is 0.993. The summed E-state index contributed by atoms with van der Waals surface area (Å²) >= 11 is 0. The van der Waals surface area contributed by atoms with Gasteiger partial charge in [-0.1, -0.05) is 12.1 Å². The van der Waals surface area contributed by atoms with E-state index in [-0.39, 0.29) is 8.31 Å². The molecule has 0 N–H and O–H groups in total. The van der Waals surface area contributed by atoms with Crippen molar-refractivity contribution in [2.75, 3.05) is 0 Å². The first-order chi connectivity index (χ1) is 2.93. The second-order valence-corrected chi connectivity index (χ2v) is 7.21. The zero-order chi connectivity index (χ0) is 4.41. The Morgan fingerprint density at radius 3 is 2.50 bits per heavy atom. The van der Waals surface area contributed by atoms with Gasteiger partial charge in [0, 0.05) is 9.04 Å². The average molecular weight is 111 g/mol. The molecule has 1 saturated heterocycles. The highest BCUT2D eigenvalue weighted by Gasteiger charge is 2.15. The van der Waals surface area contributed by atoms with Crippen LogP contribution in [-0.2, 0) is 0 Å². The van der Waals surface area contributed by atoms with Crippen molar-refractivity contribution in [2.45, 2.75) is 12.1 Å². The topological polar surface area (TPSA) is 0 Å². The van der Waals surface area contributed by atoms with Crippen LogP contribution in [-0.4, -0.2) is 17.4 Å². The largest absolute Gasteiger partial charge is 0.107 e. The van der Waals surface area contributed by atoms with Crippen LogP contribution in [0, 0.1) is 0 Å². The maximum Gasteiger partial charge on any atom is 0.0606 e. The second kappa shape index (κ2) is 1.75. The smallest absolute Gasteiger partial charge is 0.0606 e. The lowest BCUT2D eigenvalue weighted by atomic mass is 10.9. The van der Waals surface area contributed by atoms with Crippen LogP contribution in [0.5, 0.6) is 0 Å². The van der Waals surface area contributed by atoms with E-state index in [2.05, 4.69) is 12.3 Å². The zero-order valence-electron chi connectivity index (χ0n) is 3.70. The second-order valence-electron chi connectivity index (χ2n) is 1.41. The van der Waals surface area contributed by atoms with Crippen LogP contribution in [0.15, 0.2) is 12.3 Å². The van der Waals surface area contributed by atoms with E-state index in [0.29, 0.717) is 0 Å². The summed E-state index contributed by atoms with van der Waals surface area (Å²) in [5, 5.41) is 0. The third kappa shape index (κ3) is 0.629. The van der Waals surface area contributed by atoms with Gasteiger partial charge in [-0.15, -0.1) is 12.3 Å². The summed E-state index contributed by atoms with van der Waals surface area (Å²) in [4.78, 5) is 0. The maximum absolute atomic E-state index is 3.73. The summed E-state index contributed by atoms with van der Waals surface area (Å²) in [5.74, 6) is 0. The molecule has 1 heterocycles. The Bertz CT molecular complexity index is 56.6. The van der Waals surface area contributed by atoms with E-state index in [1.807, 2.05) is 0 Å². The molecule has 0 aromatic carbocycles. The fraction of sp³-hybridized carbons (Fsp3) is 0.500. The van der Waals surface area contributed by atoms with Gasteiger partial charge >= 0.3 is 0 Å². The van der Waals surface area contributed by atoms with Crippen molar-refractivity contribution in [3.8, 4) is 0 Å². The average Bonchev–Trinajstić information content (AvgIpc) is 1.31. The molecule has 0 aromatic heterocycles. The molecule has 1 aliphatic rings. The van der Waals surface area contributed by atoms with E-state index in [9.17, 15) is 0 Å². The van der Waals surface area contributed by atoms with Crippen molar-refractivity contribution in [1.82, 2.24) is 0 Å². The lowest BCUT2D eigenvalue weighted by Gasteiger charge is -2.16. The molecule has 1 fully saturated rings. The molecule has 0 saturated carbocycles. The van der Waals surface area contributed by atoms with Crippen molar-refractivity contribution in [3.63, 3.8) is 0 Å². The van der Waals surface area contributed by atoms with Gasteiger partial charge in [0.15, 0.2) is 0 Å². The van der Waals surface area contributed by atoms with Gasteiger partial charge < -0.3 is 0 Å². The van der Waals surface area contributed by atoms with Crippen molar-refractivity contribution >= 4 is 17.4 Å². The van der Waals surface area contributed by atoms with Gasteiger partial charge in [-0.05, 0) is 0 Å². The summed E-state index contributed by atoms with van der Waals surface area (Å²) in [7, 11) is 1.40. The minimum absolute atomic E-state index is 0.104. The van der Waals surface area contributed by atoms with Crippen LogP contribution in [0.25, 0.3) is 0 Å². The fourth-order valence-electron chi connectivity index (χ4n) is 0.444. The van der Waals surface area contributed by atoms with E-state index in [4.69, 9.17) is 0 Å². The molecule has 0 bridgehead atoms. The number of hydrogen-bond acceptors (Lipinski definition) is 0. The normalized spacial score (nSPS) is 22.7. The molecule has 0 nitrogen and oxygen atoms in total. The molecule has 0 amide bonds. The van der Waals surface area contributed by atoms with Gasteiger partial charge in [-0.2, -0.15) is 0 Å². The Morgan fingerprint density at radius 1 is 1.83 bits per heavy atom. The monoisotopic (exact) mass is 111 g/mol. The van der Waals surface area contributed by atoms with Crippen molar-refractivity contribution in [3.05, 3.63) is 12.3 Å². The summed E-state index contributed by atoms with van der Waals surface area (Å²) < 4.78 is 0. The highest BCUT2D eigenvalue weighted by atomic mass is 29.2. The summed E-state index contributed by atoms with van der Waals surface area (Å²) in [5.41, 5.74) is 2.17. The molecular weight excluding hydrogens is 104 g/mol. The molecule has 3 radical (unpaired) electrons. The van der Waals surface area contributed by atoms with Crippen LogP contribution in [0.1, 0.15) is 0 Å². The molecular formula is C4H7Si2. The summed E-state index contributed by atoms with van der Waals surface area (Å²) in [6.07, 6.45) is 0. The molecule has 0 spiro atoms. The molecule has 1 rings (SSSR count). The molecule has 1 aliphatic heterocycles. The van der Waals surface area contributed by atoms with E-state index in [0.717, 1.165) is 0 Å². The quantitative estimate of drug-likeness (QED) is 0.440. The summed E-state index contributed by atoms with van der Waals surface area (Å²) in [6.45, 7) is 3.73. The SMILES string of the molecule is C=C[Si]1CC[Si]1. The molecule has 0 aliphatic carbocycles. The molecule has 0 unspecified atom stereocenters. The predicted molar refractivity (Wildman–Crippen MR) is 31.3 cm³/mol. The number of hydrogen-bond donors (Lipinski definition) is 0. The predicted octanol–water partition coefficient (Wildman–Crippen LogP) is 0.839. The standard InChI is InChI=1S/C4H7Si2/c1-2-6-4-3-5-6/h2H,1,3-4H2. The molecule has 6 heavy (non-hydrogen) atoms. The Kier molecular flexibility index (Phi) is 1.27. The van der Waals surface area contributed by atoms with Crippen LogP contribution >= 0.6 is 0 Å². The van der Waals surface area contributed by atoms with Crippen LogP contribution in [0.3, 0.4) is 0 Å². The van der Waals surface area contributed by atoms with Gasteiger partial charge in [0.25, 0.3) is 0 Å². The zero-order valence-corrected chi connectivity index (χ0v) is 5.70. The maximum atomic E-state index is 3.73. The summed E-state index contributed by atoms with van der Waals surface area (Å²) in [6, 6.07) is 3.01. The van der Waals surface area contributed by atoms with Gasteiger partial charge in [0.1, 0.15) is 0 Å². The molecule has 2 heteroatoms. The minimum atomic E-state index is 0.104. The van der Waals surface area contributed by atoms with E-state index in [1.165, 1.54) is 21.1 Å². The van der Waals surface area contributed by atoms with Crippen LogP contribution < -0.4 is 0 Å². The molecule has 0 atom stereocenters. The number of rotatable bonds is 1. The Morgan fingerprint density at radius 2 is 2.50 bits per heavy atom. The lowest BCUT2D eigenvalue weighted by molar-refractivity contribution is 1.37. The third-order valence-corrected chi connectivity index (χ3v) is 7.20. The first-order valence-electron chi connectivity index (χ1n) is 2.15. The van der Waals surface area contributed by atoms with Gasteiger partial charge in [-0.25, -0.2) is 0 Å². The van der Waals surface area contributed by atoms with Crippen LogP contribution in [0.4, 0.5) is 0 Å².